The van der Waals surface area contributed by atoms with Gasteiger partial charge in [0.1, 0.15) is 18.4 Å². The van der Waals surface area contributed by atoms with Gasteiger partial charge in [-0.3, -0.25) is 0 Å². The molecule has 3 rings (SSSR count). The van der Waals surface area contributed by atoms with E-state index in [1.54, 1.807) is 6.07 Å². The standard InChI is InChI=1S/C14H18N2O2/c17-13-6-2-1-5-11(13)12-9-18-14(16-12)10-4-3-7-15-8-10/h1-2,5-6,10,12,15,17H,3-4,7-9H2. The summed E-state index contributed by atoms with van der Waals surface area (Å²) in [6.45, 7) is 2.59. The first-order valence-electron chi connectivity index (χ1n) is 6.53. The van der Waals surface area contributed by atoms with Crippen LogP contribution in [0.25, 0.3) is 0 Å². The van der Waals surface area contributed by atoms with Gasteiger partial charge in [0.2, 0.25) is 0 Å². The van der Waals surface area contributed by atoms with Crippen LogP contribution >= 0.6 is 0 Å². The predicted molar refractivity (Wildman–Crippen MR) is 69.8 cm³/mol. The fraction of sp³-hybridized carbons (Fsp3) is 0.500. The Hall–Kier alpha value is -1.55. The minimum Gasteiger partial charge on any atom is -0.508 e. The number of nitrogens with zero attached hydrogens (tertiary/aromatic N) is 1. The molecule has 0 saturated carbocycles. The topological polar surface area (TPSA) is 53.9 Å². The molecule has 1 fully saturated rings. The fourth-order valence-corrected chi connectivity index (χ4v) is 2.61. The SMILES string of the molecule is Oc1ccccc1C1COC(C2CCCNC2)=N1. The van der Waals surface area contributed by atoms with Gasteiger partial charge in [0, 0.05) is 18.0 Å². The summed E-state index contributed by atoms with van der Waals surface area (Å²) in [6, 6.07) is 7.30. The second-order valence-corrected chi connectivity index (χ2v) is 4.90. The van der Waals surface area contributed by atoms with E-state index in [4.69, 9.17) is 4.74 Å². The van der Waals surface area contributed by atoms with Gasteiger partial charge in [-0.1, -0.05) is 18.2 Å². The molecule has 96 valence electrons. The Morgan fingerprint density at radius 1 is 1.33 bits per heavy atom. The lowest BCUT2D eigenvalue weighted by Crippen LogP contribution is -2.34. The summed E-state index contributed by atoms with van der Waals surface area (Å²) in [5, 5.41) is 13.2. The van der Waals surface area contributed by atoms with Crippen LogP contribution in [0, 0.1) is 5.92 Å². The number of phenolic OH excluding ortho intramolecular Hbond substituents is 1. The molecule has 4 heteroatoms. The molecule has 0 radical (unpaired) electrons. The highest BCUT2D eigenvalue weighted by atomic mass is 16.5. The Morgan fingerprint density at radius 2 is 2.22 bits per heavy atom. The van der Waals surface area contributed by atoms with Gasteiger partial charge in [-0.2, -0.15) is 0 Å². The molecule has 2 aliphatic rings. The normalized spacial score (nSPS) is 27.7. The zero-order valence-corrected chi connectivity index (χ0v) is 10.3. The maximum atomic E-state index is 9.83. The lowest BCUT2D eigenvalue weighted by atomic mass is 9.99. The lowest BCUT2D eigenvalue weighted by Gasteiger charge is -2.21. The number of hydrogen-bond acceptors (Lipinski definition) is 4. The molecule has 2 atom stereocenters. The Kier molecular flexibility index (Phi) is 3.19. The number of para-hydroxylation sites is 1. The minimum atomic E-state index is -0.0527. The van der Waals surface area contributed by atoms with E-state index in [-0.39, 0.29) is 6.04 Å². The van der Waals surface area contributed by atoms with E-state index in [0.717, 1.165) is 31.0 Å². The third-order valence-electron chi connectivity index (χ3n) is 3.61. The molecule has 0 spiro atoms. The van der Waals surface area contributed by atoms with Crippen molar-refractivity contribution < 1.29 is 9.84 Å². The van der Waals surface area contributed by atoms with E-state index in [1.165, 1.54) is 6.42 Å². The van der Waals surface area contributed by atoms with Crippen molar-refractivity contribution in [2.75, 3.05) is 19.7 Å². The van der Waals surface area contributed by atoms with Crippen LogP contribution in [-0.2, 0) is 4.74 Å². The van der Waals surface area contributed by atoms with E-state index >= 15 is 0 Å². The molecule has 4 nitrogen and oxygen atoms in total. The highest BCUT2D eigenvalue weighted by molar-refractivity contribution is 5.81. The highest BCUT2D eigenvalue weighted by Gasteiger charge is 2.28. The first kappa shape index (κ1) is 11.5. The van der Waals surface area contributed by atoms with Crippen LogP contribution in [0.15, 0.2) is 29.3 Å². The largest absolute Gasteiger partial charge is 0.508 e. The third-order valence-corrected chi connectivity index (χ3v) is 3.61. The van der Waals surface area contributed by atoms with Gasteiger partial charge >= 0.3 is 0 Å². The van der Waals surface area contributed by atoms with Crippen LogP contribution in [-0.4, -0.2) is 30.7 Å². The molecule has 1 saturated heterocycles. The molecule has 2 aliphatic heterocycles. The van der Waals surface area contributed by atoms with Gasteiger partial charge < -0.3 is 15.2 Å². The second kappa shape index (κ2) is 4.98. The van der Waals surface area contributed by atoms with E-state index in [0.29, 0.717) is 18.3 Å². The van der Waals surface area contributed by atoms with Crippen LogP contribution < -0.4 is 5.32 Å². The lowest BCUT2D eigenvalue weighted by molar-refractivity contribution is 0.285. The van der Waals surface area contributed by atoms with Gasteiger partial charge in [-0.05, 0) is 25.5 Å². The Balaban J connectivity index is 1.77. The van der Waals surface area contributed by atoms with Crippen LogP contribution in [0.1, 0.15) is 24.4 Å². The number of ether oxygens (including phenoxy) is 1. The molecule has 0 aliphatic carbocycles. The molecule has 1 aromatic rings. The molecule has 2 unspecified atom stereocenters. The maximum absolute atomic E-state index is 9.83. The minimum absolute atomic E-state index is 0.0527. The van der Waals surface area contributed by atoms with Crippen molar-refractivity contribution >= 4 is 5.90 Å². The van der Waals surface area contributed by atoms with Crippen molar-refractivity contribution in [2.24, 2.45) is 10.9 Å². The van der Waals surface area contributed by atoms with Crippen molar-refractivity contribution in [1.29, 1.82) is 0 Å². The first-order valence-corrected chi connectivity index (χ1v) is 6.53. The molecule has 0 amide bonds. The van der Waals surface area contributed by atoms with Crippen LogP contribution in [0.3, 0.4) is 0 Å². The van der Waals surface area contributed by atoms with E-state index in [9.17, 15) is 5.11 Å². The van der Waals surface area contributed by atoms with Crippen molar-refractivity contribution in [3.05, 3.63) is 29.8 Å². The van der Waals surface area contributed by atoms with E-state index < -0.39 is 0 Å². The summed E-state index contributed by atoms with van der Waals surface area (Å²) in [5.41, 5.74) is 0.858. The summed E-state index contributed by atoms with van der Waals surface area (Å²) >= 11 is 0. The van der Waals surface area contributed by atoms with Gasteiger partial charge in [-0.15, -0.1) is 0 Å². The summed E-state index contributed by atoms with van der Waals surface area (Å²) in [5.74, 6) is 1.56. The number of nitrogens with one attached hydrogen (secondary N) is 1. The van der Waals surface area contributed by atoms with Crippen LogP contribution in [0.5, 0.6) is 5.75 Å². The number of aliphatic imine (C=N–C) groups is 1. The smallest absolute Gasteiger partial charge is 0.188 e. The van der Waals surface area contributed by atoms with Crippen molar-refractivity contribution in [3.8, 4) is 5.75 Å². The predicted octanol–water partition coefficient (Wildman–Crippen LogP) is 1.86. The Morgan fingerprint density at radius 3 is 3.00 bits per heavy atom. The molecule has 1 aromatic carbocycles. The van der Waals surface area contributed by atoms with Crippen molar-refractivity contribution in [3.63, 3.8) is 0 Å². The maximum Gasteiger partial charge on any atom is 0.188 e. The molecule has 0 bridgehead atoms. The van der Waals surface area contributed by atoms with Crippen molar-refractivity contribution in [2.45, 2.75) is 18.9 Å². The second-order valence-electron chi connectivity index (χ2n) is 4.90. The number of hydrogen-bond donors (Lipinski definition) is 2. The first-order chi connectivity index (χ1) is 8.84. The van der Waals surface area contributed by atoms with Crippen molar-refractivity contribution in [1.82, 2.24) is 5.32 Å². The molecular weight excluding hydrogens is 228 g/mol. The zero-order chi connectivity index (χ0) is 12.4. The molecule has 0 aromatic heterocycles. The summed E-state index contributed by atoms with van der Waals surface area (Å²) in [6.07, 6.45) is 2.31. The zero-order valence-electron chi connectivity index (χ0n) is 10.3. The third kappa shape index (κ3) is 2.20. The van der Waals surface area contributed by atoms with Gasteiger partial charge in [0.05, 0.1) is 0 Å². The van der Waals surface area contributed by atoms with Crippen LogP contribution in [0.4, 0.5) is 0 Å². The van der Waals surface area contributed by atoms with Gasteiger partial charge in [0.15, 0.2) is 5.90 Å². The average molecular weight is 246 g/mol. The average Bonchev–Trinajstić information content (AvgIpc) is 2.90. The van der Waals surface area contributed by atoms with E-state index in [2.05, 4.69) is 10.3 Å². The number of benzene rings is 1. The summed E-state index contributed by atoms with van der Waals surface area (Å²) < 4.78 is 5.71. The van der Waals surface area contributed by atoms with Gasteiger partial charge in [0.25, 0.3) is 0 Å². The summed E-state index contributed by atoms with van der Waals surface area (Å²) in [7, 11) is 0. The van der Waals surface area contributed by atoms with Gasteiger partial charge in [-0.25, -0.2) is 4.99 Å². The number of rotatable bonds is 2. The molecule has 18 heavy (non-hydrogen) atoms. The van der Waals surface area contributed by atoms with E-state index in [1.807, 2.05) is 18.2 Å². The number of piperidine rings is 1. The van der Waals surface area contributed by atoms with Crippen LogP contribution in [0.2, 0.25) is 0 Å². The number of aromatic hydroxyl groups is 1. The monoisotopic (exact) mass is 246 g/mol. The fourth-order valence-electron chi connectivity index (χ4n) is 2.61. The Labute approximate surface area is 107 Å². The molecular formula is C14H18N2O2. The Bertz CT molecular complexity index is 453. The highest BCUT2D eigenvalue weighted by Crippen LogP contribution is 2.31. The summed E-state index contributed by atoms with van der Waals surface area (Å²) in [4.78, 5) is 4.64. The number of phenols is 1. The molecule has 2 N–H and O–H groups in total. The molecule has 2 heterocycles. The quantitative estimate of drug-likeness (QED) is 0.837.